The molecule has 17 heavy (non-hydrogen) atoms. The van der Waals surface area contributed by atoms with Crippen LogP contribution >= 0.6 is 0 Å². The zero-order valence-corrected chi connectivity index (χ0v) is 9.47. The van der Waals surface area contributed by atoms with Crippen molar-refractivity contribution in [3.05, 3.63) is 18.3 Å². The summed E-state index contributed by atoms with van der Waals surface area (Å²) in [5.41, 5.74) is 6.83. The minimum absolute atomic E-state index is 0.0498. The number of anilines is 2. The van der Waals surface area contributed by atoms with E-state index in [4.69, 9.17) is 5.73 Å². The van der Waals surface area contributed by atoms with E-state index in [-0.39, 0.29) is 12.1 Å². The number of carbonyl (C=O) groups excluding carboxylic acids is 1. The molecule has 1 unspecified atom stereocenters. The zero-order valence-electron chi connectivity index (χ0n) is 9.47. The van der Waals surface area contributed by atoms with E-state index < -0.39 is 0 Å². The monoisotopic (exact) mass is 233 g/mol. The van der Waals surface area contributed by atoms with Crippen LogP contribution in [-0.4, -0.2) is 48.1 Å². The minimum Gasteiger partial charge on any atom is -0.382 e. The lowest BCUT2D eigenvalue weighted by Gasteiger charge is -2.37. The highest BCUT2D eigenvalue weighted by Gasteiger charge is 2.35. The summed E-state index contributed by atoms with van der Waals surface area (Å²) in [6.07, 6.45) is 1.69. The molecule has 6 heteroatoms. The maximum atomic E-state index is 11.5. The lowest BCUT2D eigenvalue weighted by Crippen LogP contribution is -2.52. The van der Waals surface area contributed by atoms with Crippen LogP contribution in [-0.2, 0) is 0 Å². The predicted octanol–water partition coefficient (Wildman–Crippen LogP) is -0.122. The fourth-order valence-corrected chi connectivity index (χ4v) is 2.50. The van der Waals surface area contributed by atoms with Gasteiger partial charge in [-0.25, -0.2) is 9.78 Å². The molecule has 0 spiro atoms. The number of nitrogens with zero attached hydrogens (tertiary/aromatic N) is 3. The SMILES string of the molecule is Nc1ncccc1N1CCN2C(=O)NCC2C1. The maximum absolute atomic E-state index is 11.5. The summed E-state index contributed by atoms with van der Waals surface area (Å²) < 4.78 is 0. The van der Waals surface area contributed by atoms with Gasteiger partial charge in [0.2, 0.25) is 0 Å². The van der Waals surface area contributed by atoms with Crippen LogP contribution in [0, 0.1) is 0 Å². The molecule has 6 nitrogen and oxygen atoms in total. The van der Waals surface area contributed by atoms with Crippen molar-refractivity contribution in [2.75, 3.05) is 36.8 Å². The highest BCUT2D eigenvalue weighted by atomic mass is 16.2. The summed E-state index contributed by atoms with van der Waals surface area (Å²) in [7, 11) is 0. The number of urea groups is 1. The van der Waals surface area contributed by atoms with E-state index in [0.29, 0.717) is 5.82 Å². The Labute approximate surface area is 99.4 Å². The van der Waals surface area contributed by atoms with Gasteiger partial charge in [-0.15, -0.1) is 0 Å². The van der Waals surface area contributed by atoms with Crippen molar-refractivity contribution in [3.63, 3.8) is 0 Å². The third-order valence-corrected chi connectivity index (χ3v) is 3.39. The standard InChI is InChI=1S/C11H15N5O/c12-10-9(2-1-3-13-10)15-4-5-16-8(7-15)6-14-11(16)17/h1-3,8H,4-7H2,(H2,12,13)(H,14,17). The average molecular weight is 233 g/mol. The largest absolute Gasteiger partial charge is 0.382 e. The molecule has 0 saturated carbocycles. The van der Waals surface area contributed by atoms with E-state index in [9.17, 15) is 4.79 Å². The molecular weight excluding hydrogens is 218 g/mol. The highest BCUT2D eigenvalue weighted by Crippen LogP contribution is 2.24. The second-order valence-electron chi connectivity index (χ2n) is 4.39. The fourth-order valence-electron chi connectivity index (χ4n) is 2.50. The molecule has 1 aromatic heterocycles. The number of aromatic nitrogens is 1. The van der Waals surface area contributed by atoms with Crippen LogP contribution in [0.5, 0.6) is 0 Å². The third kappa shape index (κ3) is 1.65. The number of nitrogens with two attached hydrogens (primary N) is 1. The van der Waals surface area contributed by atoms with Gasteiger partial charge in [0.15, 0.2) is 0 Å². The van der Waals surface area contributed by atoms with Crippen molar-refractivity contribution >= 4 is 17.5 Å². The van der Waals surface area contributed by atoms with Gasteiger partial charge in [0.1, 0.15) is 5.82 Å². The Morgan fingerprint density at radius 3 is 3.18 bits per heavy atom. The van der Waals surface area contributed by atoms with Crippen molar-refractivity contribution in [2.24, 2.45) is 0 Å². The Bertz CT molecular complexity index is 449. The Morgan fingerprint density at radius 1 is 1.47 bits per heavy atom. The molecule has 2 saturated heterocycles. The number of nitrogens with one attached hydrogen (secondary N) is 1. The minimum atomic E-state index is 0.0498. The van der Waals surface area contributed by atoms with Crippen molar-refractivity contribution in [1.29, 1.82) is 0 Å². The number of hydrogen-bond donors (Lipinski definition) is 2. The van der Waals surface area contributed by atoms with E-state index in [1.807, 2.05) is 17.0 Å². The highest BCUT2D eigenvalue weighted by molar-refractivity contribution is 5.77. The summed E-state index contributed by atoms with van der Waals surface area (Å²) in [6.45, 7) is 3.08. The van der Waals surface area contributed by atoms with Crippen molar-refractivity contribution in [2.45, 2.75) is 6.04 Å². The second-order valence-corrected chi connectivity index (χ2v) is 4.39. The Kier molecular flexibility index (Phi) is 2.28. The molecule has 3 N–H and O–H groups in total. The molecule has 2 aliphatic rings. The zero-order chi connectivity index (χ0) is 11.8. The van der Waals surface area contributed by atoms with E-state index in [2.05, 4.69) is 15.2 Å². The Balaban J connectivity index is 1.80. The molecular formula is C11H15N5O. The summed E-state index contributed by atoms with van der Waals surface area (Å²) in [4.78, 5) is 19.7. The molecule has 0 aliphatic carbocycles. The molecule has 1 aromatic rings. The van der Waals surface area contributed by atoms with Gasteiger partial charge in [-0.2, -0.15) is 0 Å². The smallest absolute Gasteiger partial charge is 0.317 e. The van der Waals surface area contributed by atoms with Gasteiger partial charge in [0.05, 0.1) is 11.7 Å². The van der Waals surface area contributed by atoms with Gasteiger partial charge >= 0.3 is 6.03 Å². The Hall–Kier alpha value is -1.98. The summed E-state index contributed by atoms with van der Waals surface area (Å²) >= 11 is 0. The average Bonchev–Trinajstić information content (AvgIpc) is 2.71. The van der Waals surface area contributed by atoms with Crippen LogP contribution in [0.3, 0.4) is 0 Å². The number of fused-ring (bicyclic) bond motifs is 1. The van der Waals surface area contributed by atoms with Crippen molar-refractivity contribution < 1.29 is 4.79 Å². The van der Waals surface area contributed by atoms with Crippen LogP contribution in [0.2, 0.25) is 0 Å². The maximum Gasteiger partial charge on any atom is 0.317 e. The number of hydrogen-bond acceptors (Lipinski definition) is 4. The van der Waals surface area contributed by atoms with Gasteiger partial charge in [0.25, 0.3) is 0 Å². The molecule has 0 aromatic carbocycles. The second kappa shape index (κ2) is 3.80. The number of amides is 2. The first-order chi connectivity index (χ1) is 8.25. The first-order valence-corrected chi connectivity index (χ1v) is 5.75. The molecule has 1 atom stereocenters. The fraction of sp³-hybridized carbons (Fsp3) is 0.455. The van der Waals surface area contributed by atoms with Gasteiger partial charge in [-0.1, -0.05) is 0 Å². The number of nitrogen functional groups attached to an aromatic ring is 1. The van der Waals surface area contributed by atoms with E-state index in [0.717, 1.165) is 31.9 Å². The van der Waals surface area contributed by atoms with Gasteiger partial charge in [-0.05, 0) is 12.1 Å². The first kappa shape index (κ1) is 10.2. The Morgan fingerprint density at radius 2 is 2.35 bits per heavy atom. The number of rotatable bonds is 1. The molecule has 3 heterocycles. The van der Waals surface area contributed by atoms with Crippen LogP contribution in [0.25, 0.3) is 0 Å². The van der Waals surface area contributed by atoms with E-state index in [1.54, 1.807) is 6.20 Å². The summed E-state index contributed by atoms with van der Waals surface area (Å²) in [5, 5.41) is 2.86. The summed E-state index contributed by atoms with van der Waals surface area (Å²) in [6, 6.07) is 4.16. The first-order valence-electron chi connectivity index (χ1n) is 5.75. The molecule has 90 valence electrons. The van der Waals surface area contributed by atoms with Crippen LogP contribution in [0.15, 0.2) is 18.3 Å². The number of pyridine rings is 1. The summed E-state index contributed by atoms with van der Waals surface area (Å²) in [5.74, 6) is 0.554. The number of piperazine rings is 1. The van der Waals surface area contributed by atoms with Gasteiger partial charge in [-0.3, -0.25) is 0 Å². The predicted molar refractivity (Wildman–Crippen MR) is 64.8 cm³/mol. The molecule has 0 radical (unpaired) electrons. The van der Waals surface area contributed by atoms with Gasteiger partial charge in [0, 0.05) is 32.4 Å². The molecule has 3 rings (SSSR count). The lowest BCUT2D eigenvalue weighted by atomic mass is 10.2. The van der Waals surface area contributed by atoms with Crippen LogP contribution in [0.1, 0.15) is 0 Å². The van der Waals surface area contributed by atoms with Crippen molar-refractivity contribution in [1.82, 2.24) is 15.2 Å². The molecule has 2 aliphatic heterocycles. The van der Waals surface area contributed by atoms with E-state index >= 15 is 0 Å². The van der Waals surface area contributed by atoms with E-state index in [1.165, 1.54) is 0 Å². The normalized spacial score (nSPS) is 23.5. The molecule has 2 amide bonds. The van der Waals surface area contributed by atoms with Crippen LogP contribution in [0.4, 0.5) is 16.3 Å². The topological polar surface area (TPSA) is 74.5 Å². The lowest BCUT2D eigenvalue weighted by molar-refractivity contribution is 0.198. The van der Waals surface area contributed by atoms with Gasteiger partial charge < -0.3 is 20.9 Å². The molecule has 0 bridgehead atoms. The third-order valence-electron chi connectivity index (χ3n) is 3.39. The molecule has 2 fully saturated rings. The quantitative estimate of drug-likeness (QED) is 0.709. The van der Waals surface area contributed by atoms with Crippen molar-refractivity contribution in [3.8, 4) is 0 Å². The van der Waals surface area contributed by atoms with Crippen LogP contribution < -0.4 is 16.0 Å². The number of carbonyl (C=O) groups is 1.